The maximum atomic E-state index is 5.72. The number of aryl methyl sites for hydroxylation is 3. The molecule has 1 aromatic carbocycles. The first-order valence-corrected chi connectivity index (χ1v) is 6.52. The number of rotatable bonds is 4. The van der Waals surface area contributed by atoms with Gasteiger partial charge in [0.05, 0.1) is 5.69 Å². The molecule has 4 nitrogen and oxygen atoms in total. The van der Waals surface area contributed by atoms with Crippen molar-refractivity contribution in [1.29, 1.82) is 0 Å². The largest absolute Gasteiger partial charge is 0.325 e. The molecule has 0 radical (unpaired) electrons. The average molecular weight is 256 g/mol. The lowest BCUT2D eigenvalue weighted by Gasteiger charge is -2.10. The predicted molar refractivity (Wildman–Crippen MR) is 78.5 cm³/mol. The second kappa shape index (κ2) is 5.80. The molecule has 2 rings (SSSR count). The van der Waals surface area contributed by atoms with Crippen molar-refractivity contribution in [3.63, 3.8) is 0 Å². The van der Waals surface area contributed by atoms with Crippen LogP contribution in [0.15, 0.2) is 24.4 Å². The van der Waals surface area contributed by atoms with Crippen molar-refractivity contribution in [3.05, 3.63) is 46.8 Å². The molecule has 0 atom stereocenters. The first-order valence-electron chi connectivity index (χ1n) is 6.52. The third kappa shape index (κ3) is 3.29. The van der Waals surface area contributed by atoms with Gasteiger partial charge in [0.15, 0.2) is 0 Å². The van der Waals surface area contributed by atoms with E-state index in [0.29, 0.717) is 12.5 Å². The SMILES string of the molecule is CCc1cnc(Nc2cc(C)cc(C)c2)nc1CN. The molecule has 0 amide bonds. The molecule has 100 valence electrons. The summed E-state index contributed by atoms with van der Waals surface area (Å²) in [5, 5.41) is 3.23. The van der Waals surface area contributed by atoms with E-state index in [-0.39, 0.29) is 0 Å². The predicted octanol–water partition coefficient (Wildman–Crippen LogP) is 2.86. The molecule has 0 fully saturated rings. The summed E-state index contributed by atoms with van der Waals surface area (Å²) >= 11 is 0. The van der Waals surface area contributed by atoms with Crippen LogP contribution in [0.25, 0.3) is 0 Å². The fourth-order valence-electron chi connectivity index (χ4n) is 2.15. The Morgan fingerprint density at radius 2 is 1.84 bits per heavy atom. The summed E-state index contributed by atoms with van der Waals surface area (Å²) in [5.41, 5.74) is 11.2. The Bertz CT molecular complexity index is 558. The third-order valence-corrected chi connectivity index (χ3v) is 3.01. The minimum Gasteiger partial charge on any atom is -0.325 e. The Kier molecular flexibility index (Phi) is 4.12. The lowest BCUT2D eigenvalue weighted by Crippen LogP contribution is -2.08. The van der Waals surface area contributed by atoms with Gasteiger partial charge in [-0.3, -0.25) is 0 Å². The van der Waals surface area contributed by atoms with Crippen LogP contribution in [0.3, 0.4) is 0 Å². The number of anilines is 2. The van der Waals surface area contributed by atoms with Gasteiger partial charge in [-0.25, -0.2) is 9.97 Å². The van der Waals surface area contributed by atoms with Crippen molar-refractivity contribution >= 4 is 11.6 Å². The summed E-state index contributed by atoms with van der Waals surface area (Å²) in [5.74, 6) is 0.600. The van der Waals surface area contributed by atoms with Crippen LogP contribution in [0.1, 0.15) is 29.3 Å². The molecule has 0 saturated heterocycles. The minimum absolute atomic E-state index is 0.438. The van der Waals surface area contributed by atoms with Gasteiger partial charge < -0.3 is 11.1 Å². The zero-order valence-electron chi connectivity index (χ0n) is 11.7. The minimum atomic E-state index is 0.438. The molecule has 0 aliphatic carbocycles. The number of nitrogens with one attached hydrogen (secondary N) is 1. The van der Waals surface area contributed by atoms with E-state index in [0.717, 1.165) is 23.4 Å². The molecule has 2 aromatic rings. The first-order chi connectivity index (χ1) is 9.12. The van der Waals surface area contributed by atoms with Crippen LogP contribution < -0.4 is 11.1 Å². The Morgan fingerprint density at radius 1 is 1.16 bits per heavy atom. The number of aromatic nitrogens is 2. The number of hydrogen-bond donors (Lipinski definition) is 2. The highest BCUT2D eigenvalue weighted by molar-refractivity contribution is 5.56. The number of nitrogens with zero attached hydrogens (tertiary/aromatic N) is 2. The van der Waals surface area contributed by atoms with E-state index in [1.807, 2.05) is 6.20 Å². The van der Waals surface area contributed by atoms with Crippen molar-refractivity contribution in [2.24, 2.45) is 5.73 Å². The Labute approximate surface area is 114 Å². The zero-order chi connectivity index (χ0) is 13.8. The summed E-state index contributed by atoms with van der Waals surface area (Å²) in [4.78, 5) is 8.80. The number of nitrogens with two attached hydrogens (primary N) is 1. The van der Waals surface area contributed by atoms with E-state index in [9.17, 15) is 0 Å². The van der Waals surface area contributed by atoms with Gasteiger partial charge in [0.1, 0.15) is 0 Å². The summed E-state index contributed by atoms with van der Waals surface area (Å²) in [6.07, 6.45) is 2.75. The smallest absolute Gasteiger partial charge is 0.227 e. The second-order valence-corrected chi connectivity index (χ2v) is 4.72. The molecule has 4 heteroatoms. The highest BCUT2D eigenvalue weighted by Crippen LogP contribution is 2.18. The molecule has 1 heterocycles. The van der Waals surface area contributed by atoms with E-state index in [4.69, 9.17) is 5.73 Å². The van der Waals surface area contributed by atoms with E-state index in [1.165, 1.54) is 11.1 Å². The lowest BCUT2D eigenvalue weighted by molar-refractivity contribution is 0.912. The summed E-state index contributed by atoms with van der Waals surface area (Å²) in [6.45, 7) is 6.66. The number of hydrogen-bond acceptors (Lipinski definition) is 4. The first kappa shape index (κ1) is 13.5. The van der Waals surface area contributed by atoms with Gasteiger partial charge in [-0.2, -0.15) is 0 Å². The van der Waals surface area contributed by atoms with Crippen molar-refractivity contribution in [3.8, 4) is 0 Å². The van der Waals surface area contributed by atoms with E-state index < -0.39 is 0 Å². The molecule has 3 N–H and O–H groups in total. The van der Waals surface area contributed by atoms with Crippen molar-refractivity contribution in [2.75, 3.05) is 5.32 Å². The van der Waals surface area contributed by atoms with Crippen LogP contribution in [0.2, 0.25) is 0 Å². The zero-order valence-corrected chi connectivity index (χ0v) is 11.7. The van der Waals surface area contributed by atoms with Crippen LogP contribution in [0, 0.1) is 13.8 Å². The monoisotopic (exact) mass is 256 g/mol. The van der Waals surface area contributed by atoms with E-state index >= 15 is 0 Å². The molecule has 0 aliphatic heterocycles. The molecule has 1 aromatic heterocycles. The summed E-state index contributed by atoms with van der Waals surface area (Å²) in [7, 11) is 0. The quantitative estimate of drug-likeness (QED) is 0.883. The Hall–Kier alpha value is -1.94. The molecule has 0 aliphatic rings. The van der Waals surface area contributed by atoms with Crippen LogP contribution in [-0.4, -0.2) is 9.97 Å². The van der Waals surface area contributed by atoms with E-state index in [1.54, 1.807) is 0 Å². The molecule has 0 saturated carbocycles. The van der Waals surface area contributed by atoms with Gasteiger partial charge in [-0.15, -0.1) is 0 Å². The number of benzene rings is 1. The Morgan fingerprint density at radius 3 is 2.42 bits per heavy atom. The topological polar surface area (TPSA) is 63.8 Å². The molecule has 0 unspecified atom stereocenters. The van der Waals surface area contributed by atoms with Crippen molar-refractivity contribution in [1.82, 2.24) is 9.97 Å². The molecular weight excluding hydrogens is 236 g/mol. The fraction of sp³-hybridized carbons (Fsp3) is 0.333. The molecule has 0 spiro atoms. The van der Waals surface area contributed by atoms with Crippen LogP contribution in [0.5, 0.6) is 0 Å². The standard InChI is InChI=1S/C15H20N4/c1-4-12-9-17-15(19-14(12)8-16)18-13-6-10(2)5-11(3)7-13/h5-7,9H,4,8,16H2,1-3H3,(H,17,18,19). The van der Waals surface area contributed by atoms with Crippen LogP contribution >= 0.6 is 0 Å². The molecule has 19 heavy (non-hydrogen) atoms. The summed E-state index contributed by atoms with van der Waals surface area (Å²) < 4.78 is 0. The van der Waals surface area contributed by atoms with Gasteiger partial charge in [0, 0.05) is 18.4 Å². The van der Waals surface area contributed by atoms with Crippen molar-refractivity contribution in [2.45, 2.75) is 33.7 Å². The maximum Gasteiger partial charge on any atom is 0.227 e. The van der Waals surface area contributed by atoms with Crippen molar-refractivity contribution < 1.29 is 0 Å². The van der Waals surface area contributed by atoms with Gasteiger partial charge in [0.25, 0.3) is 0 Å². The normalized spacial score (nSPS) is 10.5. The highest BCUT2D eigenvalue weighted by Gasteiger charge is 2.05. The maximum absolute atomic E-state index is 5.72. The average Bonchev–Trinajstić information content (AvgIpc) is 2.37. The second-order valence-electron chi connectivity index (χ2n) is 4.72. The van der Waals surface area contributed by atoms with Crippen LogP contribution in [0.4, 0.5) is 11.6 Å². The molecular formula is C15H20N4. The fourth-order valence-corrected chi connectivity index (χ4v) is 2.15. The highest BCUT2D eigenvalue weighted by atomic mass is 15.1. The third-order valence-electron chi connectivity index (χ3n) is 3.01. The van der Waals surface area contributed by atoms with Gasteiger partial charge in [-0.05, 0) is 49.1 Å². The van der Waals surface area contributed by atoms with Gasteiger partial charge in [0.2, 0.25) is 5.95 Å². The molecule has 0 bridgehead atoms. The lowest BCUT2D eigenvalue weighted by atomic mass is 10.1. The van der Waals surface area contributed by atoms with Gasteiger partial charge >= 0.3 is 0 Å². The Balaban J connectivity index is 2.28. The summed E-state index contributed by atoms with van der Waals surface area (Å²) in [6, 6.07) is 6.29. The van der Waals surface area contributed by atoms with Crippen LogP contribution in [-0.2, 0) is 13.0 Å². The van der Waals surface area contributed by atoms with Gasteiger partial charge in [-0.1, -0.05) is 13.0 Å². The van der Waals surface area contributed by atoms with E-state index in [2.05, 4.69) is 54.3 Å².